The molecule has 0 saturated carbocycles. The summed E-state index contributed by atoms with van der Waals surface area (Å²) in [4.78, 5) is 0.237. The van der Waals surface area contributed by atoms with Gasteiger partial charge in [0.15, 0.2) is 0 Å². The van der Waals surface area contributed by atoms with Crippen molar-refractivity contribution in [2.75, 3.05) is 7.11 Å². The molecule has 0 aliphatic carbocycles. The van der Waals surface area contributed by atoms with Gasteiger partial charge in [0.1, 0.15) is 5.75 Å². The van der Waals surface area contributed by atoms with Crippen molar-refractivity contribution in [3.63, 3.8) is 0 Å². The molecule has 2 rings (SSSR count). The van der Waals surface area contributed by atoms with Crippen LogP contribution in [0.15, 0.2) is 39.5 Å². The predicted molar refractivity (Wildman–Crippen MR) is 75.8 cm³/mol. The van der Waals surface area contributed by atoms with Crippen LogP contribution in [0.2, 0.25) is 0 Å². The number of thiophene rings is 1. The third-order valence-corrected chi connectivity index (χ3v) is 4.68. The number of ether oxygens (including phenoxy) is 1. The van der Waals surface area contributed by atoms with E-state index in [0.717, 1.165) is 10.2 Å². The Kier molecular flexibility index (Phi) is 4.05. The van der Waals surface area contributed by atoms with Gasteiger partial charge in [-0.1, -0.05) is 22.0 Å². The molecule has 0 spiro atoms. The lowest BCUT2D eigenvalue weighted by Crippen LogP contribution is -1.92. The number of halogens is 2. The first kappa shape index (κ1) is 12.1. The molecule has 4 heteroatoms. The lowest BCUT2D eigenvalue weighted by Gasteiger charge is -2.10. The summed E-state index contributed by atoms with van der Waals surface area (Å²) in [5, 5.41) is 4.24. The van der Waals surface area contributed by atoms with Crippen LogP contribution in [0, 0.1) is 0 Å². The van der Waals surface area contributed by atoms with Crippen molar-refractivity contribution in [3.05, 3.63) is 50.6 Å². The van der Waals surface area contributed by atoms with E-state index >= 15 is 0 Å². The molecule has 1 heterocycles. The minimum absolute atomic E-state index is 0.237. The maximum Gasteiger partial charge on any atom is 0.133 e. The van der Waals surface area contributed by atoms with E-state index in [1.807, 2.05) is 6.07 Å². The molecular formula is C12H10Br2OS. The Balaban J connectivity index is 2.31. The average Bonchev–Trinajstić information content (AvgIpc) is 2.81. The molecule has 0 amide bonds. The molecule has 0 N–H and O–H groups in total. The quantitative estimate of drug-likeness (QED) is 0.698. The molecule has 1 unspecified atom stereocenters. The third kappa shape index (κ3) is 2.50. The second-order valence-corrected chi connectivity index (χ2v) is 5.86. The largest absolute Gasteiger partial charge is 0.496 e. The number of methoxy groups -OCH3 is 1. The van der Waals surface area contributed by atoms with Crippen molar-refractivity contribution in [2.24, 2.45) is 0 Å². The average molecular weight is 362 g/mol. The van der Waals surface area contributed by atoms with Crippen molar-refractivity contribution in [1.82, 2.24) is 0 Å². The molecule has 84 valence electrons. The van der Waals surface area contributed by atoms with Gasteiger partial charge in [0.25, 0.3) is 0 Å². The lowest BCUT2D eigenvalue weighted by molar-refractivity contribution is 0.412. The molecule has 0 saturated heterocycles. The standard InChI is InChI=1S/C12H10Br2OS/c1-15-11-3-2-8(6-10(11)13)12(14)9-4-5-16-7-9/h2-7,12H,1H3. The first-order valence-corrected chi connectivity index (χ1v) is 7.37. The van der Waals surface area contributed by atoms with E-state index in [1.165, 1.54) is 11.1 Å². The van der Waals surface area contributed by atoms with Gasteiger partial charge in [-0.3, -0.25) is 0 Å². The molecule has 1 atom stereocenters. The molecule has 1 aromatic carbocycles. The van der Waals surface area contributed by atoms with Crippen LogP contribution in [0.3, 0.4) is 0 Å². The van der Waals surface area contributed by atoms with Crippen molar-refractivity contribution < 1.29 is 4.74 Å². The minimum atomic E-state index is 0.237. The molecule has 1 aromatic heterocycles. The first-order chi connectivity index (χ1) is 7.72. The maximum atomic E-state index is 5.21. The zero-order chi connectivity index (χ0) is 11.5. The topological polar surface area (TPSA) is 9.23 Å². The molecule has 0 aliphatic rings. The van der Waals surface area contributed by atoms with Crippen LogP contribution in [-0.2, 0) is 0 Å². The number of hydrogen-bond acceptors (Lipinski definition) is 2. The molecular weight excluding hydrogens is 352 g/mol. The Morgan fingerprint density at radius 1 is 1.25 bits per heavy atom. The SMILES string of the molecule is COc1ccc(C(Br)c2ccsc2)cc1Br. The number of rotatable bonds is 3. The van der Waals surface area contributed by atoms with Crippen molar-refractivity contribution in [1.29, 1.82) is 0 Å². The van der Waals surface area contributed by atoms with E-state index in [4.69, 9.17) is 4.74 Å². The molecule has 0 bridgehead atoms. The summed E-state index contributed by atoms with van der Waals surface area (Å²) in [6.07, 6.45) is 0. The molecule has 0 aliphatic heterocycles. The number of alkyl halides is 1. The smallest absolute Gasteiger partial charge is 0.133 e. The monoisotopic (exact) mass is 360 g/mol. The van der Waals surface area contributed by atoms with Gasteiger partial charge in [-0.15, -0.1) is 0 Å². The third-order valence-electron chi connectivity index (χ3n) is 2.30. The van der Waals surface area contributed by atoms with Crippen LogP contribution < -0.4 is 4.74 Å². The van der Waals surface area contributed by atoms with Crippen molar-refractivity contribution in [2.45, 2.75) is 4.83 Å². The normalized spacial score (nSPS) is 12.4. The lowest BCUT2D eigenvalue weighted by atomic mass is 10.1. The summed E-state index contributed by atoms with van der Waals surface area (Å²) in [5.41, 5.74) is 2.49. The molecule has 1 nitrogen and oxygen atoms in total. The van der Waals surface area contributed by atoms with Gasteiger partial charge in [-0.25, -0.2) is 0 Å². The predicted octanol–water partition coefficient (Wildman–Crippen LogP) is 5.00. The Hall–Kier alpha value is -0.320. The second kappa shape index (κ2) is 5.34. The second-order valence-electron chi connectivity index (χ2n) is 3.31. The number of hydrogen-bond donors (Lipinski definition) is 0. The summed E-state index contributed by atoms with van der Waals surface area (Å²) >= 11 is 8.90. The van der Waals surface area contributed by atoms with Gasteiger partial charge < -0.3 is 4.74 Å². The Bertz CT molecular complexity index is 468. The Morgan fingerprint density at radius 2 is 2.06 bits per heavy atom. The highest BCUT2D eigenvalue weighted by Gasteiger charge is 2.12. The highest BCUT2D eigenvalue weighted by molar-refractivity contribution is 9.10. The fourth-order valence-corrected chi connectivity index (χ4v) is 3.44. The first-order valence-electron chi connectivity index (χ1n) is 4.72. The van der Waals surface area contributed by atoms with E-state index in [2.05, 4.69) is 60.8 Å². The zero-order valence-corrected chi connectivity index (χ0v) is 12.6. The number of benzene rings is 1. The van der Waals surface area contributed by atoms with Crippen LogP contribution in [0.4, 0.5) is 0 Å². The zero-order valence-electron chi connectivity index (χ0n) is 8.61. The molecule has 0 fully saturated rings. The highest BCUT2D eigenvalue weighted by Crippen LogP contribution is 2.35. The minimum Gasteiger partial charge on any atom is -0.496 e. The van der Waals surface area contributed by atoms with E-state index in [1.54, 1.807) is 18.4 Å². The van der Waals surface area contributed by atoms with Gasteiger partial charge >= 0.3 is 0 Å². The van der Waals surface area contributed by atoms with E-state index < -0.39 is 0 Å². The fraction of sp³-hybridized carbons (Fsp3) is 0.167. The van der Waals surface area contributed by atoms with Gasteiger partial charge in [0, 0.05) is 0 Å². The Labute approximate surface area is 116 Å². The van der Waals surface area contributed by atoms with Crippen LogP contribution >= 0.6 is 43.2 Å². The van der Waals surface area contributed by atoms with Crippen LogP contribution in [0.1, 0.15) is 16.0 Å². The van der Waals surface area contributed by atoms with Gasteiger partial charge in [-0.05, 0) is 56.0 Å². The van der Waals surface area contributed by atoms with E-state index in [9.17, 15) is 0 Å². The summed E-state index contributed by atoms with van der Waals surface area (Å²) in [6, 6.07) is 8.25. The molecule has 2 aromatic rings. The summed E-state index contributed by atoms with van der Waals surface area (Å²) in [5.74, 6) is 0.855. The van der Waals surface area contributed by atoms with Gasteiger partial charge in [-0.2, -0.15) is 11.3 Å². The summed E-state index contributed by atoms with van der Waals surface area (Å²) in [7, 11) is 1.67. The summed E-state index contributed by atoms with van der Waals surface area (Å²) < 4.78 is 6.19. The molecule has 16 heavy (non-hydrogen) atoms. The van der Waals surface area contributed by atoms with Crippen LogP contribution in [0.25, 0.3) is 0 Å². The van der Waals surface area contributed by atoms with E-state index in [-0.39, 0.29) is 4.83 Å². The Morgan fingerprint density at radius 3 is 2.62 bits per heavy atom. The van der Waals surface area contributed by atoms with Crippen molar-refractivity contribution >= 4 is 43.2 Å². The van der Waals surface area contributed by atoms with Crippen LogP contribution in [0.5, 0.6) is 5.75 Å². The maximum absolute atomic E-state index is 5.21. The van der Waals surface area contributed by atoms with E-state index in [0.29, 0.717) is 0 Å². The highest BCUT2D eigenvalue weighted by atomic mass is 79.9. The summed E-state index contributed by atoms with van der Waals surface area (Å²) in [6.45, 7) is 0. The van der Waals surface area contributed by atoms with Gasteiger partial charge in [0.2, 0.25) is 0 Å². The van der Waals surface area contributed by atoms with Crippen molar-refractivity contribution in [3.8, 4) is 5.75 Å². The fourth-order valence-electron chi connectivity index (χ4n) is 1.45. The molecule has 0 radical (unpaired) electrons. The van der Waals surface area contributed by atoms with Crippen LogP contribution in [-0.4, -0.2) is 7.11 Å². The van der Waals surface area contributed by atoms with Gasteiger partial charge in [0.05, 0.1) is 16.4 Å².